The van der Waals surface area contributed by atoms with E-state index in [1.165, 1.54) is 12.1 Å². The summed E-state index contributed by atoms with van der Waals surface area (Å²) >= 11 is 0. The molecular formula is C6H8BF4P. The molecule has 0 atom stereocenters. The number of rotatable bonds is 1. The molecule has 0 saturated heterocycles. The van der Waals surface area contributed by atoms with Crippen molar-refractivity contribution in [3.63, 3.8) is 0 Å². The third kappa shape index (κ3) is 3.72. The molecule has 12 heavy (non-hydrogen) atoms. The molecule has 68 valence electrons. The number of halogens is 4. The van der Waals surface area contributed by atoms with Crippen LogP contribution in [-0.2, 0) is 0 Å². The summed E-state index contributed by atoms with van der Waals surface area (Å²) < 4.78 is 45.3. The van der Waals surface area contributed by atoms with Crippen molar-refractivity contribution in [3.8, 4) is 0 Å². The molecule has 0 amide bonds. The van der Waals surface area contributed by atoms with E-state index in [0.29, 0.717) is 8.12 Å². The van der Waals surface area contributed by atoms with Crippen LogP contribution in [0, 0.1) is 0 Å². The first kappa shape index (κ1) is 11.4. The number of hydrogen-bond acceptors (Lipinski definition) is 0. The summed E-state index contributed by atoms with van der Waals surface area (Å²) in [5.74, 6) is 0. The SMILES string of the molecule is BF.F[PH](F)(F)c1ccccc1. The monoisotopic (exact) mass is 198 g/mol. The van der Waals surface area contributed by atoms with Crippen LogP contribution in [0.25, 0.3) is 0 Å². The van der Waals surface area contributed by atoms with Gasteiger partial charge >= 0.3 is 64.5 Å². The summed E-state index contributed by atoms with van der Waals surface area (Å²) in [5, 5.41) is -0.463. The molecule has 6 heteroatoms. The quantitative estimate of drug-likeness (QED) is 0.368. The first-order valence-electron chi connectivity index (χ1n) is 3.11. The summed E-state index contributed by atoms with van der Waals surface area (Å²) in [6.45, 7) is 0. The van der Waals surface area contributed by atoms with E-state index >= 15 is 0 Å². The van der Waals surface area contributed by atoms with Crippen LogP contribution in [0.2, 0.25) is 0 Å². The Morgan fingerprint density at radius 3 is 1.58 bits per heavy atom. The van der Waals surface area contributed by atoms with Crippen LogP contribution in [0.1, 0.15) is 0 Å². The van der Waals surface area contributed by atoms with Gasteiger partial charge < -0.3 is 4.32 Å². The van der Waals surface area contributed by atoms with Crippen molar-refractivity contribution < 1.29 is 16.9 Å². The maximum absolute atomic E-state index is 11.9. The second-order valence-corrected chi connectivity index (χ2v) is 3.44. The summed E-state index contributed by atoms with van der Waals surface area (Å²) in [6, 6.07) is 6.58. The van der Waals surface area contributed by atoms with E-state index in [0.717, 1.165) is 12.1 Å². The number of benzene rings is 1. The Morgan fingerprint density at radius 2 is 1.33 bits per heavy atom. The van der Waals surface area contributed by atoms with E-state index in [2.05, 4.69) is 0 Å². The minimum atomic E-state index is -5.53. The van der Waals surface area contributed by atoms with E-state index in [1.807, 2.05) is 0 Å². The average Bonchev–Trinajstić information content (AvgIpc) is 2.08. The molecule has 0 nitrogen and oxygen atoms in total. The fourth-order valence-corrected chi connectivity index (χ4v) is 1.20. The Hall–Kier alpha value is -0.565. The Labute approximate surface area is 69.8 Å². The van der Waals surface area contributed by atoms with E-state index in [-0.39, 0.29) is 0 Å². The predicted molar refractivity (Wildman–Crippen MR) is 47.4 cm³/mol. The van der Waals surface area contributed by atoms with Crippen molar-refractivity contribution >= 4 is 21.6 Å². The van der Waals surface area contributed by atoms with E-state index in [1.54, 1.807) is 6.07 Å². The second kappa shape index (κ2) is 5.15. The summed E-state index contributed by atoms with van der Waals surface area (Å²) in [4.78, 5) is 0. The topological polar surface area (TPSA) is 0 Å². The molecule has 0 spiro atoms. The zero-order valence-corrected chi connectivity index (χ0v) is 7.40. The normalized spacial score (nSPS) is 11.3. The van der Waals surface area contributed by atoms with Crippen molar-refractivity contribution in [2.24, 2.45) is 0 Å². The van der Waals surface area contributed by atoms with Gasteiger partial charge in [-0.1, -0.05) is 0 Å². The van der Waals surface area contributed by atoms with Crippen LogP contribution < -0.4 is 5.30 Å². The van der Waals surface area contributed by atoms with Crippen LogP contribution in [0.4, 0.5) is 16.9 Å². The summed E-state index contributed by atoms with van der Waals surface area (Å²) in [5.41, 5.74) is 0. The first-order valence-corrected chi connectivity index (χ1v) is 4.74. The van der Waals surface area contributed by atoms with Gasteiger partial charge in [-0.25, -0.2) is 0 Å². The molecule has 0 fully saturated rings. The molecular weight excluding hydrogens is 190 g/mol. The van der Waals surface area contributed by atoms with Crippen LogP contribution in [0.15, 0.2) is 30.3 Å². The second-order valence-electron chi connectivity index (χ2n) is 1.86. The Bertz CT molecular complexity index is 211. The molecule has 0 aliphatic heterocycles. The van der Waals surface area contributed by atoms with E-state index in [9.17, 15) is 16.9 Å². The van der Waals surface area contributed by atoms with Gasteiger partial charge in [-0.3, -0.25) is 0 Å². The third-order valence-corrected chi connectivity index (χ3v) is 2.09. The maximum atomic E-state index is 11.9. The van der Waals surface area contributed by atoms with Crippen LogP contribution in [-0.4, -0.2) is 8.12 Å². The molecule has 0 bridgehead atoms. The summed E-state index contributed by atoms with van der Waals surface area (Å²) in [7, 11) is -5.03. The van der Waals surface area contributed by atoms with Crippen molar-refractivity contribution in [3.05, 3.63) is 30.3 Å². The summed E-state index contributed by atoms with van der Waals surface area (Å²) in [6.07, 6.45) is 0. The van der Waals surface area contributed by atoms with Crippen molar-refractivity contribution in [2.75, 3.05) is 0 Å². The average molecular weight is 198 g/mol. The van der Waals surface area contributed by atoms with Gasteiger partial charge in [-0.05, 0) is 0 Å². The van der Waals surface area contributed by atoms with Gasteiger partial charge in [0, 0.05) is 0 Å². The fraction of sp³-hybridized carbons (Fsp3) is 0. The van der Waals surface area contributed by atoms with Gasteiger partial charge in [0.15, 0.2) is 0 Å². The van der Waals surface area contributed by atoms with Gasteiger partial charge in [-0.2, -0.15) is 0 Å². The molecule has 0 aliphatic rings. The van der Waals surface area contributed by atoms with Gasteiger partial charge in [0.2, 0.25) is 0 Å². The third-order valence-electron chi connectivity index (χ3n) is 1.10. The number of hydrogen-bond donors (Lipinski definition) is 0. The molecule has 1 aromatic rings. The molecule has 0 N–H and O–H groups in total. The fourth-order valence-electron chi connectivity index (χ4n) is 0.627. The zero-order valence-electron chi connectivity index (χ0n) is 6.40. The van der Waals surface area contributed by atoms with Gasteiger partial charge in [0.05, 0.1) is 0 Å². The Morgan fingerprint density at radius 1 is 0.917 bits per heavy atom. The Kier molecular flexibility index (Phi) is 4.90. The van der Waals surface area contributed by atoms with Crippen molar-refractivity contribution in [2.45, 2.75) is 0 Å². The molecule has 0 heterocycles. The molecule has 0 saturated carbocycles. The van der Waals surface area contributed by atoms with Gasteiger partial charge in [0.1, 0.15) is 0 Å². The van der Waals surface area contributed by atoms with Crippen LogP contribution in [0.3, 0.4) is 0 Å². The standard InChI is InChI=1S/C6H6F3P.BFH2/c7-10(8,9)6-4-2-1-3-5-6;1-2/h1-5,10H;1H2. The molecule has 1 aromatic carbocycles. The van der Waals surface area contributed by atoms with Crippen LogP contribution >= 0.6 is 8.19 Å². The molecule has 1 rings (SSSR count). The van der Waals surface area contributed by atoms with Crippen molar-refractivity contribution in [1.29, 1.82) is 0 Å². The van der Waals surface area contributed by atoms with E-state index < -0.39 is 13.5 Å². The molecule has 0 radical (unpaired) electrons. The van der Waals surface area contributed by atoms with Crippen LogP contribution in [0.5, 0.6) is 0 Å². The Balaban J connectivity index is 0.000000561. The molecule has 0 unspecified atom stereocenters. The first-order chi connectivity index (χ1) is 5.61. The molecule has 0 aliphatic carbocycles. The predicted octanol–water partition coefficient (Wildman–Crippen LogP) is 2.22. The van der Waals surface area contributed by atoms with Crippen molar-refractivity contribution in [1.82, 2.24) is 0 Å². The molecule has 0 aromatic heterocycles. The van der Waals surface area contributed by atoms with Gasteiger partial charge in [-0.15, -0.1) is 0 Å². The van der Waals surface area contributed by atoms with E-state index in [4.69, 9.17) is 0 Å². The minimum absolute atomic E-state index is 0.463. The zero-order chi connectivity index (χ0) is 9.61. The van der Waals surface area contributed by atoms with Gasteiger partial charge in [0.25, 0.3) is 0 Å².